The maximum Gasteiger partial charge on any atom is 0.256 e. The van der Waals surface area contributed by atoms with Crippen LogP contribution in [0.3, 0.4) is 0 Å². The lowest BCUT2D eigenvalue weighted by Crippen LogP contribution is -2.39. The van der Waals surface area contributed by atoms with Gasteiger partial charge in [-0.3, -0.25) is 4.79 Å². The minimum atomic E-state index is -2.64. The average Bonchev–Trinajstić information content (AvgIpc) is 3.49. The highest BCUT2D eigenvalue weighted by Gasteiger charge is 2.34. The lowest BCUT2D eigenvalue weighted by Gasteiger charge is -2.25. The summed E-state index contributed by atoms with van der Waals surface area (Å²) in [6, 6.07) is 6.50. The first-order chi connectivity index (χ1) is 16.9. The molecule has 0 saturated heterocycles. The number of hydrogen-bond donors (Lipinski definition) is 0. The molecule has 2 aliphatic rings. The highest BCUT2D eigenvalue weighted by Crippen LogP contribution is 2.34. The summed E-state index contributed by atoms with van der Waals surface area (Å²) in [5, 5.41) is 8.57. The number of carbonyl (C=O) groups is 1. The molecular formula is C25H26F2N6O2. The smallest absolute Gasteiger partial charge is 0.256 e. The van der Waals surface area contributed by atoms with Crippen molar-refractivity contribution in [3.05, 3.63) is 77.8 Å². The third-order valence-electron chi connectivity index (χ3n) is 6.45. The Hall–Kier alpha value is -3.82. The number of benzene rings is 1. The third kappa shape index (κ3) is 4.48. The quantitative estimate of drug-likeness (QED) is 0.530. The van der Waals surface area contributed by atoms with Crippen molar-refractivity contribution >= 4 is 17.3 Å². The van der Waals surface area contributed by atoms with E-state index in [1.54, 1.807) is 31.8 Å². The van der Waals surface area contributed by atoms with Gasteiger partial charge in [0.25, 0.3) is 12.3 Å². The average molecular weight is 481 g/mol. The zero-order valence-electron chi connectivity index (χ0n) is 19.5. The number of methoxy groups -OCH3 is 1. The number of allylic oxidation sites excluding steroid dienone is 3. The van der Waals surface area contributed by atoms with Crippen molar-refractivity contribution in [2.75, 3.05) is 18.6 Å². The molecule has 0 saturated carbocycles. The van der Waals surface area contributed by atoms with Crippen molar-refractivity contribution in [2.24, 2.45) is 0 Å². The summed E-state index contributed by atoms with van der Waals surface area (Å²) in [5.41, 5.74) is 3.90. The first kappa shape index (κ1) is 22.9. The standard InChI is InChI=1S/C25H26F2N6O2/c1-16-12-31(15-28-16)21-9-8-18(11-23(21)35-2)19-13-33(30-29-19)22-10-7-17-5-3-4-6-20(17)32(25(22)34)14-24(26)27/h3-6,9,11-13,15,18,22,24H,7-8,10,14H2,1-2H3/t18?,22-/m1/s1. The van der Waals surface area contributed by atoms with Gasteiger partial charge in [0.1, 0.15) is 11.8 Å². The predicted octanol–water partition coefficient (Wildman–Crippen LogP) is 4.13. The number of anilines is 1. The topological polar surface area (TPSA) is 78.1 Å². The molecule has 35 heavy (non-hydrogen) atoms. The minimum Gasteiger partial charge on any atom is -0.495 e. The van der Waals surface area contributed by atoms with Crippen LogP contribution in [0.25, 0.3) is 5.70 Å². The predicted molar refractivity (Wildman–Crippen MR) is 126 cm³/mol. The number of halogens is 2. The summed E-state index contributed by atoms with van der Waals surface area (Å²) in [5.74, 6) is 0.195. The monoisotopic (exact) mass is 480 g/mol. The van der Waals surface area contributed by atoms with E-state index in [0.29, 0.717) is 36.4 Å². The van der Waals surface area contributed by atoms with Gasteiger partial charge < -0.3 is 14.2 Å². The van der Waals surface area contributed by atoms with Crippen molar-refractivity contribution in [2.45, 2.75) is 44.6 Å². The van der Waals surface area contributed by atoms with E-state index in [9.17, 15) is 13.6 Å². The fourth-order valence-electron chi connectivity index (χ4n) is 4.72. The molecule has 1 unspecified atom stereocenters. The third-order valence-corrected chi connectivity index (χ3v) is 6.45. The van der Waals surface area contributed by atoms with Crippen LogP contribution in [0, 0.1) is 6.92 Å². The number of rotatable bonds is 6. The molecule has 0 fully saturated rings. The van der Waals surface area contributed by atoms with E-state index < -0.39 is 24.9 Å². The van der Waals surface area contributed by atoms with Gasteiger partial charge in [-0.25, -0.2) is 18.4 Å². The Balaban J connectivity index is 1.40. The second kappa shape index (κ2) is 9.44. The molecule has 1 amide bonds. The van der Waals surface area contributed by atoms with E-state index >= 15 is 0 Å². The largest absolute Gasteiger partial charge is 0.495 e. The van der Waals surface area contributed by atoms with E-state index in [4.69, 9.17) is 4.74 Å². The molecule has 1 aliphatic heterocycles. The van der Waals surface area contributed by atoms with Crippen LogP contribution in [-0.2, 0) is 16.0 Å². The number of alkyl halides is 2. The fraction of sp³-hybridized carbons (Fsp3) is 0.360. The number of fused-ring (bicyclic) bond motifs is 1. The lowest BCUT2D eigenvalue weighted by molar-refractivity contribution is -0.122. The first-order valence-corrected chi connectivity index (χ1v) is 11.5. The summed E-state index contributed by atoms with van der Waals surface area (Å²) < 4.78 is 35.8. The van der Waals surface area contributed by atoms with Crippen molar-refractivity contribution in [1.82, 2.24) is 24.5 Å². The lowest BCUT2D eigenvalue weighted by atomic mass is 9.95. The second-order valence-corrected chi connectivity index (χ2v) is 8.74. The van der Waals surface area contributed by atoms with Gasteiger partial charge in [0.05, 0.1) is 37.1 Å². The Labute approximate surface area is 201 Å². The molecule has 0 radical (unpaired) electrons. The Morgan fingerprint density at radius 3 is 2.80 bits per heavy atom. The number of hydrogen-bond acceptors (Lipinski definition) is 5. The molecule has 0 spiro atoms. The molecule has 2 atom stereocenters. The number of ether oxygens (including phenoxy) is 1. The number of aromatic nitrogens is 5. The highest BCUT2D eigenvalue weighted by molar-refractivity contribution is 5.97. The molecule has 2 aromatic heterocycles. The number of aryl methyl sites for hydroxylation is 2. The molecule has 0 bridgehead atoms. The molecule has 1 aromatic carbocycles. The molecule has 1 aliphatic carbocycles. The normalized spacial score (nSPS) is 20.4. The van der Waals surface area contributed by atoms with Gasteiger partial charge in [0.15, 0.2) is 0 Å². The van der Waals surface area contributed by atoms with E-state index in [0.717, 1.165) is 17.0 Å². The Morgan fingerprint density at radius 2 is 2.06 bits per heavy atom. The van der Waals surface area contributed by atoms with E-state index in [-0.39, 0.29) is 5.92 Å². The number of carbonyl (C=O) groups excluding carboxylic acids is 1. The molecule has 182 valence electrons. The van der Waals surface area contributed by atoms with Crippen LogP contribution >= 0.6 is 0 Å². The van der Waals surface area contributed by atoms with Crippen LogP contribution in [0.15, 0.2) is 60.9 Å². The summed E-state index contributed by atoms with van der Waals surface area (Å²) in [6.45, 7) is 1.27. The van der Waals surface area contributed by atoms with Crippen LogP contribution in [0.5, 0.6) is 0 Å². The maximum absolute atomic E-state index is 13.4. The maximum atomic E-state index is 13.4. The van der Waals surface area contributed by atoms with Gasteiger partial charge in [0, 0.05) is 24.0 Å². The zero-order valence-corrected chi connectivity index (χ0v) is 19.5. The van der Waals surface area contributed by atoms with E-state index in [1.165, 1.54) is 9.58 Å². The second-order valence-electron chi connectivity index (χ2n) is 8.74. The molecule has 8 nitrogen and oxygen atoms in total. The van der Waals surface area contributed by atoms with Gasteiger partial charge in [-0.15, -0.1) is 5.10 Å². The summed E-state index contributed by atoms with van der Waals surface area (Å²) in [6.07, 6.45) is 8.50. The van der Waals surface area contributed by atoms with Crippen LogP contribution in [-0.4, -0.2) is 50.5 Å². The fourth-order valence-corrected chi connectivity index (χ4v) is 4.72. The van der Waals surface area contributed by atoms with Crippen molar-refractivity contribution in [1.29, 1.82) is 0 Å². The number of para-hydroxylation sites is 1. The minimum absolute atomic E-state index is 0.0951. The Morgan fingerprint density at radius 1 is 1.23 bits per heavy atom. The van der Waals surface area contributed by atoms with E-state index in [1.807, 2.05) is 35.9 Å². The highest BCUT2D eigenvalue weighted by atomic mass is 19.3. The van der Waals surface area contributed by atoms with Gasteiger partial charge >= 0.3 is 0 Å². The molecular weight excluding hydrogens is 454 g/mol. The summed E-state index contributed by atoms with van der Waals surface area (Å²) in [4.78, 5) is 18.8. The Bertz CT molecular complexity index is 1290. The molecule has 5 rings (SSSR count). The summed E-state index contributed by atoms with van der Waals surface area (Å²) >= 11 is 0. The van der Waals surface area contributed by atoms with Crippen molar-refractivity contribution < 1.29 is 18.3 Å². The van der Waals surface area contributed by atoms with Crippen LogP contribution < -0.4 is 4.90 Å². The Kier molecular flexibility index (Phi) is 6.19. The number of nitrogens with zero attached hydrogens (tertiary/aromatic N) is 6. The first-order valence-electron chi connectivity index (χ1n) is 11.5. The van der Waals surface area contributed by atoms with Gasteiger partial charge in [-0.05, 0) is 43.9 Å². The van der Waals surface area contributed by atoms with Crippen LogP contribution in [0.4, 0.5) is 14.5 Å². The summed E-state index contributed by atoms with van der Waals surface area (Å²) in [7, 11) is 1.61. The molecule has 0 N–H and O–H groups in total. The molecule has 10 heteroatoms. The van der Waals surface area contributed by atoms with Crippen molar-refractivity contribution in [3.8, 4) is 0 Å². The molecule has 3 aromatic rings. The van der Waals surface area contributed by atoms with Gasteiger partial charge in [-0.1, -0.05) is 29.5 Å². The van der Waals surface area contributed by atoms with Gasteiger partial charge in [-0.2, -0.15) is 0 Å². The van der Waals surface area contributed by atoms with Crippen LogP contribution in [0.2, 0.25) is 0 Å². The number of imidazole rings is 1. The zero-order chi connectivity index (χ0) is 24.5. The van der Waals surface area contributed by atoms with Crippen molar-refractivity contribution in [3.63, 3.8) is 0 Å². The number of amides is 1. The SMILES string of the molecule is COC1=CC(c2cn([C@@H]3CCc4ccccc4N(CC(F)F)C3=O)nn2)CC=C1n1cnc(C)c1. The van der Waals surface area contributed by atoms with Crippen LogP contribution in [0.1, 0.15) is 41.8 Å². The van der Waals surface area contributed by atoms with Gasteiger partial charge in [0.2, 0.25) is 0 Å². The molecule has 3 heterocycles. The van der Waals surface area contributed by atoms with E-state index in [2.05, 4.69) is 21.4 Å².